The average Bonchev–Trinajstić information content (AvgIpc) is 2.95. The summed E-state index contributed by atoms with van der Waals surface area (Å²) in [5.41, 5.74) is 2.66. The predicted molar refractivity (Wildman–Crippen MR) is 192 cm³/mol. The molecular formula is C39H73NO6. The smallest absolute Gasteiger partial charge is 0.306 e. The Morgan fingerprint density at radius 3 is 1.80 bits per heavy atom. The van der Waals surface area contributed by atoms with Crippen molar-refractivity contribution in [3.63, 3.8) is 0 Å². The largest absolute Gasteiger partial charge is 0.466 e. The maximum atomic E-state index is 12.5. The summed E-state index contributed by atoms with van der Waals surface area (Å²) in [5.74, 6) is 0.598. The van der Waals surface area contributed by atoms with Gasteiger partial charge in [0.25, 0.3) is 0 Å². The van der Waals surface area contributed by atoms with Crippen LogP contribution in [0, 0.1) is 11.8 Å². The van der Waals surface area contributed by atoms with Gasteiger partial charge in [0, 0.05) is 25.9 Å². The van der Waals surface area contributed by atoms with Crippen LogP contribution in [-0.4, -0.2) is 68.2 Å². The van der Waals surface area contributed by atoms with Crippen LogP contribution in [0.2, 0.25) is 0 Å². The van der Waals surface area contributed by atoms with Crippen LogP contribution in [0.5, 0.6) is 0 Å². The van der Waals surface area contributed by atoms with E-state index in [4.69, 9.17) is 14.2 Å². The van der Waals surface area contributed by atoms with Crippen LogP contribution in [0.4, 0.5) is 0 Å². The fourth-order valence-corrected chi connectivity index (χ4v) is 5.40. The number of allylic oxidation sites excluding steroid dienone is 4. The molecule has 0 aliphatic carbocycles. The molecule has 0 rings (SSSR count). The fourth-order valence-electron chi connectivity index (χ4n) is 5.40. The monoisotopic (exact) mass is 652 g/mol. The average molecular weight is 652 g/mol. The van der Waals surface area contributed by atoms with E-state index in [1.54, 1.807) is 0 Å². The SMILES string of the molecule is CC(C)=CCCC(C)CC(=O)OCCCCCCC(CCCCCCOC(O)CC(C)CCC=C(C)C)OC(=O)CCCN(C)C. The third-order valence-corrected chi connectivity index (χ3v) is 8.24. The van der Waals surface area contributed by atoms with E-state index in [1.807, 2.05) is 14.1 Å². The molecule has 7 nitrogen and oxygen atoms in total. The number of nitrogens with zero attached hydrogens (tertiary/aromatic N) is 1. The van der Waals surface area contributed by atoms with Gasteiger partial charge in [-0.15, -0.1) is 0 Å². The van der Waals surface area contributed by atoms with Crippen LogP contribution < -0.4 is 0 Å². The quantitative estimate of drug-likeness (QED) is 0.0358. The summed E-state index contributed by atoms with van der Waals surface area (Å²) < 4.78 is 17.0. The van der Waals surface area contributed by atoms with E-state index in [9.17, 15) is 14.7 Å². The molecule has 0 aliphatic rings. The van der Waals surface area contributed by atoms with E-state index >= 15 is 0 Å². The van der Waals surface area contributed by atoms with Crippen molar-refractivity contribution in [2.24, 2.45) is 11.8 Å². The van der Waals surface area contributed by atoms with E-state index in [-0.39, 0.29) is 18.0 Å². The van der Waals surface area contributed by atoms with E-state index in [2.05, 4.69) is 58.6 Å². The first-order valence-corrected chi connectivity index (χ1v) is 18.4. The van der Waals surface area contributed by atoms with Crippen molar-refractivity contribution in [2.75, 3.05) is 33.9 Å². The van der Waals surface area contributed by atoms with Crippen molar-refractivity contribution in [2.45, 2.75) is 170 Å². The van der Waals surface area contributed by atoms with E-state index in [1.165, 1.54) is 11.1 Å². The molecule has 0 saturated carbocycles. The van der Waals surface area contributed by atoms with Crippen molar-refractivity contribution in [3.8, 4) is 0 Å². The summed E-state index contributed by atoms with van der Waals surface area (Å²) in [6.45, 7) is 14.7. The number of aliphatic hydroxyl groups is 1. The zero-order chi connectivity index (χ0) is 34.6. The molecule has 0 aromatic rings. The van der Waals surface area contributed by atoms with E-state index in [0.29, 0.717) is 44.3 Å². The molecule has 0 fully saturated rings. The molecule has 4 atom stereocenters. The number of carbonyl (C=O) groups is 2. The predicted octanol–water partition coefficient (Wildman–Crippen LogP) is 9.56. The molecule has 0 bridgehead atoms. The van der Waals surface area contributed by atoms with Crippen molar-refractivity contribution < 1.29 is 28.9 Å². The first-order chi connectivity index (χ1) is 21.9. The van der Waals surface area contributed by atoms with Crippen molar-refractivity contribution >= 4 is 11.9 Å². The topological polar surface area (TPSA) is 85.3 Å². The number of aliphatic hydroxyl groups excluding tert-OH is 1. The summed E-state index contributed by atoms with van der Waals surface area (Å²) in [6, 6.07) is 0. The number of hydrogen-bond donors (Lipinski definition) is 1. The van der Waals surface area contributed by atoms with Crippen molar-refractivity contribution in [1.82, 2.24) is 4.90 Å². The van der Waals surface area contributed by atoms with Gasteiger partial charge in [-0.2, -0.15) is 0 Å². The number of esters is 2. The molecule has 46 heavy (non-hydrogen) atoms. The van der Waals surface area contributed by atoms with Crippen LogP contribution in [0.1, 0.15) is 157 Å². The Balaban J connectivity index is 4.26. The molecule has 0 spiro atoms. The molecule has 0 aromatic heterocycles. The van der Waals surface area contributed by atoms with E-state index < -0.39 is 6.29 Å². The Bertz CT molecular complexity index is 815. The number of unbranched alkanes of at least 4 members (excludes halogenated alkanes) is 6. The van der Waals surface area contributed by atoms with Crippen LogP contribution in [0.15, 0.2) is 23.3 Å². The first kappa shape index (κ1) is 44.3. The third-order valence-electron chi connectivity index (χ3n) is 8.24. The minimum absolute atomic E-state index is 0.0385. The Morgan fingerprint density at radius 1 is 0.696 bits per heavy atom. The maximum absolute atomic E-state index is 12.5. The van der Waals surface area contributed by atoms with Gasteiger partial charge in [0.1, 0.15) is 6.10 Å². The molecule has 0 heterocycles. The summed E-state index contributed by atoms with van der Waals surface area (Å²) in [5, 5.41) is 10.2. The summed E-state index contributed by atoms with van der Waals surface area (Å²) >= 11 is 0. The second kappa shape index (κ2) is 29.4. The van der Waals surface area contributed by atoms with Gasteiger partial charge in [-0.1, -0.05) is 62.8 Å². The van der Waals surface area contributed by atoms with Gasteiger partial charge in [-0.25, -0.2) is 0 Å². The lowest BCUT2D eigenvalue weighted by Crippen LogP contribution is -2.20. The summed E-state index contributed by atoms with van der Waals surface area (Å²) in [4.78, 5) is 26.7. The molecule has 0 amide bonds. The Morgan fingerprint density at radius 2 is 1.24 bits per heavy atom. The summed E-state index contributed by atoms with van der Waals surface area (Å²) in [7, 11) is 4.03. The highest BCUT2D eigenvalue weighted by atomic mass is 16.6. The van der Waals surface area contributed by atoms with Gasteiger partial charge in [-0.3, -0.25) is 9.59 Å². The van der Waals surface area contributed by atoms with Gasteiger partial charge < -0.3 is 24.2 Å². The highest BCUT2D eigenvalue weighted by molar-refractivity contribution is 5.69. The minimum Gasteiger partial charge on any atom is -0.466 e. The zero-order valence-electron chi connectivity index (χ0n) is 31.2. The van der Waals surface area contributed by atoms with Gasteiger partial charge >= 0.3 is 11.9 Å². The Labute approximate surface area is 283 Å². The number of ether oxygens (including phenoxy) is 3. The maximum Gasteiger partial charge on any atom is 0.306 e. The van der Waals surface area contributed by atoms with Crippen LogP contribution in [0.25, 0.3) is 0 Å². The third kappa shape index (κ3) is 30.9. The van der Waals surface area contributed by atoms with Gasteiger partial charge in [-0.05, 0) is 131 Å². The Hall–Kier alpha value is -1.70. The second-order valence-corrected chi connectivity index (χ2v) is 14.3. The molecular weight excluding hydrogens is 578 g/mol. The van der Waals surface area contributed by atoms with Gasteiger partial charge in [0.15, 0.2) is 6.29 Å². The van der Waals surface area contributed by atoms with Gasteiger partial charge in [0.05, 0.1) is 6.61 Å². The minimum atomic E-state index is -0.684. The van der Waals surface area contributed by atoms with E-state index in [0.717, 1.165) is 103 Å². The molecule has 4 unspecified atom stereocenters. The van der Waals surface area contributed by atoms with Crippen LogP contribution >= 0.6 is 0 Å². The van der Waals surface area contributed by atoms with Crippen molar-refractivity contribution in [3.05, 3.63) is 23.3 Å². The highest BCUT2D eigenvalue weighted by Crippen LogP contribution is 2.18. The fraction of sp³-hybridized carbons (Fsp3) is 0.846. The standard InChI is InChI=1S/C39H73NO6/c1-32(2)20-17-22-34(5)30-38(42)44-28-15-11-9-13-24-36(46-37(41)26-19-27-40(7)8)25-14-10-12-16-29-45-39(43)31-35(6)23-18-21-33(3)4/h20-21,34-36,38,42H,9-19,22-31H2,1-8H3. The lowest BCUT2D eigenvalue weighted by atomic mass is 10.0. The zero-order valence-corrected chi connectivity index (χ0v) is 31.2. The summed E-state index contributed by atoms with van der Waals surface area (Å²) in [6.07, 6.45) is 20.1. The number of rotatable bonds is 30. The molecule has 7 heteroatoms. The second-order valence-electron chi connectivity index (χ2n) is 14.3. The molecule has 270 valence electrons. The van der Waals surface area contributed by atoms with Crippen molar-refractivity contribution in [1.29, 1.82) is 0 Å². The Kier molecular flexibility index (Phi) is 28.4. The lowest BCUT2D eigenvalue weighted by Gasteiger charge is -2.19. The number of hydrogen-bond acceptors (Lipinski definition) is 7. The lowest BCUT2D eigenvalue weighted by molar-refractivity contribution is -0.150. The first-order valence-electron chi connectivity index (χ1n) is 18.4. The molecule has 1 N–H and O–H groups in total. The molecule has 0 aliphatic heterocycles. The highest BCUT2D eigenvalue weighted by Gasteiger charge is 2.15. The van der Waals surface area contributed by atoms with Crippen LogP contribution in [0.3, 0.4) is 0 Å². The molecule has 0 radical (unpaired) electrons. The van der Waals surface area contributed by atoms with Crippen LogP contribution in [-0.2, 0) is 23.8 Å². The van der Waals surface area contributed by atoms with Gasteiger partial charge in [0.2, 0.25) is 0 Å². The molecule has 0 saturated heterocycles. The normalized spacial score (nSPS) is 14.0. The molecule has 0 aromatic carbocycles. The number of carbonyl (C=O) groups excluding carboxylic acids is 2.